The third-order valence-electron chi connectivity index (χ3n) is 5.36. The molecule has 1 fully saturated rings. The molecule has 2 aromatic rings. The van der Waals surface area contributed by atoms with E-state index in [1.165, 1.54) is 11.8 Å². The van der Waals surface area contributed by atoms with Crippen LogP contribution in [0, 0.1) is 11.6 Å². The van der Waals surface area contributed by atoms with Crippen LogP contribution in [-0.2, 0) is 13.1 Å². The third-order valence-corrected chi connectivity index (χ3v) is 6.88. The average Bonchev–Trinajstić information content (AvgIpc) is 3.24. The molecular formula is C18H19F2N5O3S. The van der Waals surface area contributed by atoms with Gasteiger partial charge in [-0.05, 0) is 24.6 Å². The Hall–Kier alpha value is -2.66. The number of fused-ring (bicyclic) bond motifs is 1. The number of carboxylic acid groups (broad SMARTS) is 1. The van der Waals surface area contributed by atoms with Crippen LogP contribution in [0.5, 0.6) is 0 Å². The van der Waals surface area contributed by atoms with Gasteiger partial charge in [0.2, 0.25) is 0 Å². The predicted octanol–water partition coefficient (Wildman–Crippen LogP) is 1.99. The fraction of sp³-hybridized carbons (Fsp3) is 0.389. The van der Waals surface area contributed by atoms with Gasteiger partial charge in [-0.1, -0.05) is 0 Å². The lowest BCUT2D eigenvalue weighted by molar-refractivity contribution is 0.0992. The number of aromatic nitrogens is 2. The van der Waals surface area contributed by atoms with Gasteiger partial charge in [-0.2, -0.15) is 5.10 Å². The quantitative estimate of drug-likeness (QED) is 0.596. The fourth-order valence-corrected chi connectivity index (χ4v) is 5.57. The number of carbonyl (C=O) groups excluding carboxylic acids is 1. The fourth-order valence-electron chi connectivity index (χ4n) is 4.02. The van der Waals surface area contributed by atoms with Crippen molar-refractivity contribution in [1.82, 2.24) is 20.4 Å². The number of benzene rings is 1. The summed E-state index contributed by atoms with van der Waals surface area (Å²) in [5.41, 5.74) is 7.29. The number of nitrogens with two attached hydrogens (primary N) is 1. The first-order valence-corrected chi connectivity index (χ1v) is 10.0. The van der Waals surface area contributed by atoms with Gasteiger partial charge in [0.1, 0.15) is 17.3 Å². The van der Waals surface area contributed by atoms with Crippen LogP contribution in [-0.4, -0.2) is 50.0 Å². The van der Waals surface area contributed by atoms with Crippen molar-refractivity contribution in [2.24, 2.45) is 5.73 Å². The van der Waals surface area contributed by atoms with E-state index in [0.29, 0.717) is 25.3 Å². The summed E-state index contributed by atoms with van der Waals surface area (Å²) in [4.78, 5) is 24.9. The lowest BCUT2D eigenvalue weighted by Crippen LogP contribution is -2.48. The molecule has 0 aliphatic carbocycles. The monoisotopic (exact) mass is 423 g/mol. The molecule has 0 radical (unpaired) electrons. The molecule has 2 aliphatic rings. The van der Waals surface area contributed by atoms with Gasteiger partial charge in [0, 0.05) is 42.1 Å². The zero-order valence-electron chi connectivity index (χ0n) is 15.2. The van der Waals surface area contributed by atoms with Gasteiger partial charge < -0.3 is 16.2 Å². The van der Waals surface area contributed by atoms with Crippen LogP contribution < -0.4 is 11.1 Å². The van der Waals surface area contributed by atoms with E-state index in [0.717, 1.165) is 29.5 Å². The zero-order chi connectivity index (χ0) is 20.7. The minimum absolute atomic E-state index is 0.0281. The van der Waals surface area contributed by atoms with Crippen molar-refractivity contribution in [3.8, 4) is 0 Å². The van der Waals surface area contributed by atoms with Crippen molar-refractivity contribution in [3.63, 3.8) is 0 Å². The van der Waals surface area contributed by atoms with Gasteiger partial charge in [-0.15, -0.1) is 11.8 Å². The van der Waals surface area contributed by atoms with Crippen molar-refractivity contribution in [2.75, 3.05) is 5.75 Å². The molecule has 154 valence electrons. The van der Waals surface area contributed by atoms with Gasteiger partial charge in [0.25, 0.3) is 5.91 Å². The molecule has 4 rings (SSSR count). The number of H-pyrrole nitrogens is 1. The van der Waals surface area contributed by atoms with Crippen LogP contribution in [0.15, 0.2) is 18.2 Å². The first-order chi connectivity index (χ1) is 13.8. The minimum atomic E-state index is -1.22. The second-order valence-corrected chi connectivity index (χ2v) is 8.33. The number of primary amides is 1. The van der Waals surface area contributed by atoms with E-state index in [1.54, 1.807) is 0 Å². The molecule has 3 atom stereocenters. The number of hydrogen-bond acceptors (Lipinski definition) is 5. The number of carbonyl (C=O) groups is 2. The van der Waals surface area contributed by atoms with Gasteiger partial charge in [0.05, 0.1) is 10.9 Å². The maximum atomic E-state index is 14.3. The maximum Gasteiger partial charge on any atom is 0.404 e. The number of rotatable bonds is 4. The van der Waals surface area contributed by atoms with Crippen LogP contribution >= 0.6 is 11.8 Å². The van der Waals surface area contributed by atoms with Gasteiger partial charge in [0.15, 0.2) is 0 Å². The molecule has 1 aromatic heterocycles. The summed E-state index contributed by atoms with van der Waals surface area (Å²) in [7, 11) is 0. The Morgan fingerprint density at radius 1 is 1.34 bits per heavy atom. The molecule has 1 aromatic carbocycles. The Balaban J connectivity index is 1.53. The summed E-state index contributed by atoms with van der Waals surface area (Å²) in [6.07, 6.45) is -0.802. The third kappa shape index (κ3) is 3.79. The Morgan fingerprint density at radius 2 is 2.14 bits per heavy atom. The van der Waals surface area contributed by atoms with Crippen LogP contribution in [0.4, 0.5) is 13.6 Å². The molecular weight excluding hydrogens is 404 g/mol. The van der Waals surface area contributed by atoms with Crippen LogP contribution in [0.25, 0.3) is 0 Å². The highest BCUT2D eigenvalue weighted by atomic mass is 32.2. The predicted molar refractivity (Wildman–Crippen MR) is 101 cm³/mol. The van der Waals surface area contributed by atoms with E-state index >= 15 is 0 Å². The van der Waals surface area contributed by atoms with Crippen molar-refractivity contribution >= 4 is 23.8 Å². The lowest BCUT2D eigenvalue weighted by Gasteiger charge is -2.39. The van der Waals surface area contributed by atoms with Crippen molar-refractivity contribution in [1.29, 1.82) is 0 Å². The van der Waals surface area contributed by atoms with Crippen LogP contribution in [0.3, 0.4) is 0 Å². The molecule has 5 N–H and O–H groups in total. The number of nitrogens with zero attached hydrogens (tertiary/aromatic N) is 2. The number of amides is 2. The van der Waals surface area contributed by atoms with Crippen molar-refractivity contribution < 1.29 is 23.5 Å². The highest BCUT2D eigenvalue weighted by molar-refractivity contribution is 7.99. The van der Waals surface area contributed by atoms with Crippen molar-refractivity contribution in [3.05, 3.63) is 52.3 Å². The van der Waals surface area contributed by atoms with E-state index in [4.69, 9.17) is 5.73 Å². The molecule has 8 nitrogen and oxygen atoms in total. The van der Waals surface area contributed by atoms with Crippen molar-refractivity contribution in [2.45, 2.75) is 36.8 Å². The van der Waals surface area contributed by atoms with E-state index < -0.39 is 34.9 Å². The van der Waals surface area contributed by atoms with Gasteiger partial charge in [-0.3, -0.25) is 14.8 Å². The summed E-state index contributed by atoms with van der Waals surface area (Å²) in [5, 5.41) is 18.0. The first kappa shape index (κ1) is 19.6. The number of aromatic amines is 1. The Morgan fingerprint density at radius 3 is 2.86 bits per heavy atom. The highest BCUT2D eigenvalue weighted by Crippen LogP contribution is 2.42. The molecule has 1 unspecified atom stereocenters. The normalized spacial score (nSPS) is 24.3. The topological polar surface area (TPSA) is 124 Å². The standard InChI is InChI=1S/C18H19F2N5O3S/c19-8-1-2-12(20)10(3-8)16-13(22-18(27)28)4-9(7-29-16)25-5-11-14(6-25)23-24-15(11)17(21)26/h1-3,9,13,16,22H,4-7H2,(H2,21,26)(H,23,24)(H,27,28)/t9-,13+,16?/m1/s1. The highest BCUT2D eigenvalue weighted by Gasteiger charge is 2.39. The summed E-state index contributed by atoms with van der Waals surface area (Å²) < 4.78 is 28.0. The number of nitrogens with one attached hydrogen (secondary N) is 2. The molecule has 29 heavy (non-hydrogen) atoms. The van der Waals surface area contributed by atoms with Crippen LogP contribution in [0.1, 0.15) is 39.0 Å². The van der Waals surface area contributed by atoms with E-state index in [2.05, 4.69) is 20.4 Å². The second-order valence-electron chi connectivity index (χ2n) is 7.16. The second kappa shape index (κ2) is 7.64. The lowest BCUT2D eigenvalue weighted by atomic mass is 9.97. The molecule has 2 amide bonds. The molecule has 0 saturated carbocycles. The molecule has 3 heterocycles. The van der Waals surface area contributed by atoms with Crippen LogP contribution in [0.2, 0.25) is 0 Å². The molecule has 0 spiro atoms. The van der Waals surface area contributed by atoms with E-state index in [9.17, 15) is 23.5 Å². The summed E-state index contributed by atoms with van der Waals surface area (Å²) in [6.45, 7) is 0.969. The van der Waals surface area contributed by atoms with E-state index in [1.807, 2.05) is 0 Å². The summed E-state index contributed by atoms with van der Waals surface area (Å²) in [6, 6.07) is 2.59. The number of halogens is 2. The Bertz CT molecular complexity index is 969. The summed E-state index contributed by atoms with van der Waals surface area (Å²) in [5.74, 6) is -1.11. The smallest absolute Gasteiger partial charge is 0.404 e. The number of thioether (sulfide) groups is 1. The largest absolute Gasteiger partial charge is 0.465 e. The SMILES string of the molecule is NC(=O)c1[nH]nc2c1CN([C@H]1CSC(c3cc(F)ccc3F)[C@@H](NC(=O)O)C1)C2. The zero-order valence-corrected chi connectivity index (χ0v) is 16.0. The van der Waals surface area contributed by atoms with Gasteiger partial charge in [-0.25, -0.2) is 13.6 Å². The first-order valence-electron chi connectivity index (χ1n) is 8.99. The molecule has 11 heteroatoms. The molecule has 1 saturated heterocycles. The average molecular weight is 423 g/mol. The maximum absolute atomic E-state index is 14.3. The number of hydrogen-bond donors (Lipinski definition) is 4. The Labute approximate surface area is 168 Å². The van der Waals surface area contributed by atoms with Gasteiger partial charge >= 0.3 is 6.09 Å². The van der Waals surface area contributed by atoms with E-state index in [-0.39, 0.29) is 17.3 Å². The molecule has 2 aliphatic heterocycles. The Kier molecular flexibility index (Phi) is 5.17. The summed E-state index contributed by atoms with van der Waals surface area (Å²) >= 11 is 1.38. The minimum Gasteiger partial charge on any atom is -0.465 e. The molecule has 0 bridgehead atoms.